The van der Waals surface area contributed by atoms with Gasteiger partial charge in [-0.15, -0.1) is 0 Å². The average molecular weight is 308 g/mol. The van der Waals surface area contributed by atoms with Crippen molar-refractivity contribution in [2.45, 2.75) is 24.9 Å². The van der Waals surface area contributed by atoms with Crippen LogP contribution in [-0.2, 0) is 6.42 Å². The van der Waals surface area contributed by atoms with Crippen LogP contribution < -0.4 is 9.47 Å². The second kappa shape index (κ2) is 5.69. The summed E-state index contributed by atoms with van der Waals surface area (Å²) in [5.41, 5.74) is 3.87. The van der Waals surface area contributed by atoms with Crippen molar-refractivity contribution < 1.29 is 9.47 Å². The van der Waals surface area contributed by atoms with Crippen molar-refractivity contribution in [2.75, 3.05) is 14.2 Å². The molecule has 1 unspecified atom stereocenters. The van der Waals surface area contributed by atoms with E-state index >= 15 is 0 Å². The molecule has 1 aliphatic carbocycles. The van der Waals surface area contributed by atoms with E-state index in [0.717, 1.165) is 24.3 Å². The van der Waals surface area contributed by atoms with E-state index in [0.29, 0.717) is 5.92 Å². The lowest BCUT2D eigenvalue weighted by Gasteiger charge is -2.29. The highest BCUT2D eigenvalue weighted by molar-refractivity contribution is 5.41. The van der Waals surface area contributed by atoms with Gasteiger partial charge in [0.05, 0.1) is 14.2 Å². The smallest absolute Gasteiger partial charge is 0.119 e. The number of ether oxygens (including phenoxy) is 2. The predicted molar refractivity (Wildman–Crippen MR) is 88.1 cm³/mol. The third-order valence-electron chi connectivity index (χ3n) is 5.00. The van der Waals surface area contributed by atoms with Gasteiger partial charge in [0.2, 0.25) is 0 Å². The summed E-state index contributed by atoms with van der Waals surface area (Å²) >= 11 is 0. The van der Waals surface area contributed by atoms with Gasteiger partial charge in [0, 0.05) is 5.92 Å². The van der Waals surface area contributed by atoms with Crippen molar-refractivity contribution in [1.29, 1.82) is 0 Å². The largest absolute Gasteiger partial charge is 0.497 e. The van der Waals surface area contributed by atoms with Crippen LogP contribution in [0.4, 0.5) is 0 Å². The second-order valence-corrected chi connectivity index (χ2v) is 6.16. The Morgan fingerprint density at radius 1 is 0.870 bits per heavy atom. The van der Waals surface area contributed by atoms with Gasteiger partial charge >= 0.3 is 0 Å². The molecule has 118 valence electrons. The first kappa shape index (κ1) is 14.2. The first-order valence-corrected chi connectivity index (χ1v) is 8.01. The molecule has 2 aromatic carbocycles. The van der Waals surface area contributed by atoms with Crippen LogP contribution >= 0.6 is 0 Å². The van der Waals surface area contributed by atoms with Crippen molar-refractivity contribution in [1.82, 2.24) is 0 Å². The predicted octanol–water partition coefficient (Wildman–Crippen LogP) is 4.51. The third-order valence-corrected chi connectivity index (χ3v) is 5.00. The molecule has 4 heteroatoms. The number of hydrogen-bond donors (Lipinski definition) is 0. The molecule has 0 aromatic heterocycles. The maximum absolute atomic E-state index is 5.38. The van der Waals surface area contributed by atoms with Gasteiger partial charge in [0.15, 0.2) is 0 Å². The summed E-state index contributed by atoms with van der Waals surface area (Å²) in [6.45, 7) is 0. The van der Waals surface area contributed by atoms with E-state index < -0.39 is 0 Å². The fourth-order valence-corrected chi connectivity index (χ4v) is 3.74. The Morgan fingerprint density at radius 2 is 1.57 bits per heavy atom. The van der Waals surface area contributed by atoms with E-state index in [1.54, 1.807) is 14.2 Å². The zero-order chi connectivity index (χ0) is 15.8. The van der Waals surface area contributed by atoms with Gasteiger partial charge in [0.1, 0.15) is 23.6 Å². The fourth-order valence-electron chi connectivity index (χ4n) is 3.74. The standard InChI is InChI=1S/C19H20N2O2/c1-22-14-7-4-13(5-8-14)18-16-10-6-12-3-9-15(23-2)11-17(12)19(16)21-20-18/h3-5,7-9,11,16,18-19H,6,10H2,1-2H3/t16-,18-,19?/m0/s1. The molecule has 0 N–H and O–H groups in total. The molecular formula is C19H20N2O2. The van der Waals surface area contributed by atoms with Gasteiger partial charge in [-0.1, -0.05) is 18.2 Å². The highest BCUT2D eigenvalue weighted by Gasteiger charge is 2.40. The maximum atomic E-state index is 5.38. The molecule has 4 nitrogen and oxygen atoms in total. The lowest BCUT2D eigenvalue weighted by atomic mass is 9.76. The van der Waals surface area contributed by atoms with Gasteiger partial charge in [-0.25, -0.2) is 0 Å². The van der Waals surface area contributed by atoms with Gasteiger partial charge in [-0.05, 0) is 53.8 Å². The SMILES string of the molecule is COc1ccc([C@@H]2N=NC3c4cc(OC)ccc4CC[C@H]32)cc1. The van der Waals surface area contributed by atoms with Crippen LogP contribution in [0.5, 0.6) is 11.5 Å². The van der Waals surface area contributed by atoms with Crippen molar-refractivity contribution in [3.8, 4) is 11.5 Å². The summed E-state index contributed by atoms with van der Waals surface area (Å²) in [5, 5.41) is 9.22. The number of benzene rings is 2. The highest BCUT2D eigenvalue weighted by Crippen LogP contribution is 2.50. The van der Waals surface area contributed by atoms with Gasteiger partial charge in [-0.3, -0.25) is 0 Å². The molecule has 3 atom stereocenters. The number of rotatable bonds is 3. The molecule has 0 amide bonds. The summed E-state index contributed by atoms with van der Waals surface area (Å²) in [4.78, 5) is 0. The number of nitrogens with zero attached hydrogens (tertiary/aromatic N) is 2. The van der Waals surface area contributed by atoms with Gasteiger partial charge in [-0.2, -0.15) is 10.2 Å². The minimum atomic E-state index is 0.144. The van der Waals surface area contributed by atoms with Crippen LogP contribution in [0.1, 0.15) is 35.2 Å². The van der Waals surface area contributed by atoms with Crippen LogP contribution in [0, 0.1) is 5.92 Å². The molecular weight excluding hydrogens is 288 g/mol. The van der Waals surface area contributed by atoms with Crippen molar-refractivity contribution in [3.63, 3.8) is 0 Å². The Labute approximate surface area is 136 Å². The fraction of sp³-hybridized carbons (Fsp3) is 0.368. The zero-order valence-electron chi connectivity index (χ0n) is 13.4. The number of fused-ring (bicyclic) bond motifs is 3. The minimum absolute atomic E-state index is 0.144. The lowest BCUT2D eigenvalue weighted by Crippen LogP contribution is -2.20. The van der Waals surface area contributed by atoms with Crippen LogP contribution in [0.3, 0.4) is 0 Å². The summed E-state index contributed by atoms with van der Waals surface area (Å²) in [7, 11) is 3.39. The molecule has 23 heavy (non-hydrogen) atoms. The summed E-state index contributed by atoms with van der Waals surface area (Å²) in [6.07, 6.45) is 2.20. The topological polar surface area (TPSA) is 43.2 Å². The molecule has 0 radical (unpaired) electrons. The van der Waals surface area contributed by atoms with Crippen molar-refractivity contribution in [2.24, 2.45) is 16.1 Å². The Hall–Kier alpha value is -2.36. The monoisotopic (exact) mass is 308 g/mol. The van der Waals surface area contributed by atoms with Crippen LogP contribution in [-0.4, -0.2) is 14.2 Å². The van der Waals surface area contributed by atoms with Gasteiger partial charge in [0.25, 0.3) is 0 Å². The second-order valence-electron chi connectivity index (χ2n) is 6.16. The zero-order valence-corrected chi connectivity index (χ0v) is 13.4. The van der Waals surface area contributed by atoms with Crippen LogP contribution in [0.15, 0.2) is 52.7 Å². The highest BCUT2D eigenvalue weighted by atomic mass is 16.5. The Bertz CT molecular complexity index is 740. The Kier molecular flexibility index (Phi) is 3.52. The number of aryl methyl sites for hydroxylation is 1. The molecule has 0 fully saturated rings. The van der Waals surface area contributed by atoms with Crippen LogP contribution in [0.25, 0.3) is 0 Å². The number of azo groups is 1. The summed E-state index contributed by atoms with van der Waals surface area (Å²) in [5.74, 6) is 2.20. The third kappa shape index (κ3) is 2.38. The minimum Gasteiger partial charge on any atom is -0.497 e. The van der Waals surface area contributed by atoms with Crippen LogP contribution in [0.2, 0.25) is 0 Å². The molecule has 2 aromatic rings. The summed E-state index contributed by atoms with van der Waals surface area (Å²) < 4.78 is 10.6. The normalized spacial score (nSPS) is 24.9. The number of hydrogen-bond acceptors (Lipinski definition) is 4. The molecule has 0 spiro atoms. The average Bonchev–Trinajstić information content (AvgIpc) is 3.05. The molecule has 0 saturated heterocycles. The van der Waals surface area contributed by atoms with E-state index in [1.807, 2.05) is 18.2 Å². The molecule has 1 aliphatic heterocycles. The van der Waals surface area contributed by atoms with Crippen molar-refractivity contribution >= 4 is 0 Å². The Morgan fingerprint density at radius 3 is 2.30 bits per heavy atom. The van der Waals surface area contributed by atoms with E-state index in [4.69, 9.17) is 9.47 Å². The molecule has 0 bridgehead atoms. The Balaban J connectivity index is 1.65. The molecule has 0 saturated carbocycles. The van der Waals surface area contributed by atoms with E-state index in [9.17, 15) is 0 Å². The molecule has 1 heterocycles. The quantitative estimate of drug-likeness (QED) is 0.837. The molecule has 4 rings (SSSR count). The first-order valence-electron chi connectivity index (χ1n) is 8.01. The maximum Gasteiger partial charge on any atom is 0.119 e. The van der Waals surface area contributed by atoms with E-state index in [2.05, 4.69) is 34.5 Å². The number of methoxy groups -OCH3 is 2. The first-order chi connectivity index (χ1) is 11.3. The lowest BCUT2D eigenvalue weighted by molar-refractivity contribution is 0.368. The van der Waals surface area contributed by atoms with Crippen molar-refractivity contribution in [3.05, 3.63) is 59.2 Å². The van der Waals surface area contributed by atoms with E-state index in [-0.39, 0.29) is 12.1 Å². The van der Waals surface area contributed by atoms with Gasteiger partial charge < -0.3 is 9.47 Å². The molecule has 2 aliphatic rings. The van der Waals surface area contributed by atoms with E-state index in [1.165, 1.54) is 16.7 Å². The summed E-state index contributed by atoms with van der Waals surface area (Å²) in [6, 6.07) is 14.8.